The van der Waals surface area contributed by atoms with E-state index in [0.29, 0.717) is 21.4 Å². The van der Waals surface area contributed by atoms with Crippen LogP contribution >= 0.6 is 23.2 Å². The van der Waals surface area contributed by atoms with Crippen LogP contribution < -0.4 is 0 Å². The monoisotopic (exact) mass is 524 g/mol. The Bertz CT molecular complexity index is 1420. The van der Waals surface area contributed by atoms with Crippen molar-refractivity contribution in [3.05, 3.63) is 106 Å². The first-order valence-corrected chi connectivity index (χ1v) is 12.5. The number of rotatable bonds is 6. The molecule has 176 valence electrons. The normalized spacial score (nSPS) is 11.9. The molecule has 6 nitrogen and oxygen atoms in total. The zero-order valence-electron chi connectivity index (χ0n) is 18.0. The Hall–Kier alpha value is -3.65. The Labute approximate surface area is 212 Å². The van der Waals surface area contributed by atoms with Crippen LogP contribution in [0.5, 0.6) is 11.5 Å². The summed E-state index contributed by atoms with van der Waals surface area (Å²) in [5.74, 6) is -0.244. The second kappa shape index (κ2) is 10.3. The first kappa shape index (κ1) is 24.5. The molecule has 9 heteroatoms. The number of benzene rings is 4. The maximum Gasteiger partial charge on any atom is 0.206 e. The number of phenolic OH excluding ortho intramolecular Hbond substituents is 2. The summed E-state index contributed by atoms with van der Waals surface area (Å²) in [6.45, 7) is 0. The molecular formula is C26H18Cl2N2O4S. The first-order valence-electron chi connectivity index (χ1n) is 10.2. The van der Waals surface area contributed by atoms with Crippen LogP contribution in [0.1, 0.15) is 11.1 Å². The summed E-state index contributed by atoms with van der Waals surface area (Å²) in [5.41, 5.74) is 1.63. The van der Waals surface area contributed by atoms with Gasteiger partial charge in [-0.15, -0.1) is 0 Å². The second-order valence-electron chi connectivity index (χ2n) is 7.41. The third-order valence-corrected chi connectivity index (χ3v) is 7.23. The predicted octanol–water partition coefficient (Wildman–Crippen LogP) is 6.74. The molecule has 35 heavy (non-hydrogen) atoms. The summed E-state index contributed by atoms with van der Waals surface area (Å²) in [6.07, 6.45) is 2.75. The molecule has 0 aliphatic rings. The van der Waals surface area contributed by atoms with E-state index in [-0.39, 0.29) is 32.4 Å². The lowest BCUT2D eigenvalue weighted by atomic mass is 10.2. The van der Waals surface area contributed by atoms with E-state index in [1.54, 1.807) is 48.5 Å². The molecule has 0 saturated heterocycles. The molecular weight excluding hydrogens is 507 g/mol. The molecule has 0 radical (unpaired) electrons. The highest BCUT2D eigenvalue weighted by molar-refractivity contribution is 7.91. The molecule has 0 heterocycles. The number of aliphatic imine (C=N–C) groups is 2. The number of halogens is 2. The van der Waals surface area contributed by atoms with Crippen molar-refractivity contribution in [3.8, 4) is 11.5 Å². The van der Waals surface area contributed by atoms with Crippen molar-refractivity contribution in [2.45, 2.75) is 9.79 Å². The maximum absolute atomic E-state index is 13.3. The van der Waals surface area contributed by atoms with Gasteiger partial charge >= 0.3 is 0 Å². The Kier molecular flexibility index (Phi) is 7.21. The van der Waals surface area contributed by atoms with Gasteiger partial charge in [0.2, 0.25) is 9.84 Å². The van der Waals surface area contributed by atoms with Crippen LogP contribution in [0.3, 0.4) is 0 Å². The molecule has 4 aromatic carbocycles. The summed E-state index contributed by atoms with van der Waals surface area (Å²) < 4.78 is 26.6. The van der Waals surface area contributed by atoms with Gasteiger partial charge in [-0.25, -0.2) is 8.42 Å². The van der Waals surface area contributed by atoms with Gasteiger partial charge in [0.05, 0.1) is 21.2 Å². The Morgan fingerprint density at radius 1 is 0.600 bits per heavy atom. The number of hydrogen-bond donors (Lipinski definition) is 2. The highest BCUT2D eigenvalue weighted by Gasteiger charge is 2.20. The average Bonchev–Trinajstić information content (AvgIpc) is 2.85. The first-order chi connectivity index (χ1) is 16.7. The highest BCUT2D eigenvalue weighted by atomic mass is 35.5. The van der Waals surface area contributed by atoms with E-state index in [2.05, 4.69) is 9.98 Å². The van der Waals surface area contributed by atoms with E-state index in [1.165, 1.54) is 48.8 Å². The number of aromatic hydroxyl groups is 2. The number of sulfone groups is 1. The molecule has 4 aromatic rings. The summed E-state index contributed by atoms with van der Waals surface area (Å²) in [4.78, 5) is 8.44. The van der Waals surface area contributed by atoms with E-state index < -0.39 is 9.84 Å². The quantitative estimate of drug-likeness (QED) is 0.273. The van der Waals surface area contributed by atoms with Crippen molar-refractivity contribution < 1.29 is 18.6 Å². The molecule has 4 rings (SSSR count). The molecule has 0 fully saturated rings. The fourth-order valence-corrected chi connectivity index (χ4v) is 4.67. The number of phenols is 2. The molecule has 2 N–H and O–H groups in total. The van der Waals surface area contributed by atoms with E-state index in [9.17, 15) is 18.6 Å². The molecule has 0 aromatic heterocycles. The van der Waals surface area contributed by atoms with Crippen LogP contribution in [-0.2, 0) is 9.84 Å². The van der Waals surface area contributed by atoms with Crippen LogP contribution in [-0.4, -0.2) is 31.1 Å². The molecule has 0 atom stereocenters. The summed E-state index contributed by atoms with van der Waals surface area (Å²) >= 11 is 11.7. The average molecular weight is 525 g/mol. The van der Waals surface area contributed by atoms with Crippen LogP contribution in [0, 0.1) is 0 Å². The van der Waals surface area contributed by atoms with E-state index in [0.717, 1.165) is 0 Å². The van der Waals surface area contributed by atoms with Crippen molar-refractivity contribution in [3.63, 3.8) is 0 Å². The van der Waals surface area contributed by atoms with Crippen molar-refractivity contribution in [2.24, 2.45) is 9.98 Å². The van der Waals surface area contributed by atoms with Gasteiger partial charge in [-0.3, -0.25) is 9.98 Å². The standard InChI is InChI=1S/C26H18Cl2N2O4S/c27-19-1-5-21(6-2-19)29-15-17-13-23(9-11-25(17)31)35(33,34)24-10-12-26(32)18(14-24)16-30-22-7-3-20(28)4-8-22/h1-16,31-32H. The lowest BCUT2D eigenvalue weighted by molar-refractivity contribution is 0.473. The Balaban J connectivity index is 1.65. The van der Waals surface area contributed by atoms with Crippen molar-refractivity contribution in [1.29, 1.82) is 0 Å². The zero-order valence-corrected chi connectivity index (χ0v) is 20.3. The van der Waals surface area contributed by atoms with Crippen LogP contribution in [0.2, 0.25) is 10.0 Å². The van der Waals surface area contributed by atoms with Crippen LogP contribution in [0.15, 0.2) is 105 Å². The van der Waals surface area contributed by atoms with Crippen molar-refractivity contribution in [2.75, 3.05) is 0 Å². The van der Waals surface area contributed by atoms with Gasteiger partial charge in [0.1, 0.15) is 11.5 Å². The minimum absolute atomic E-state index is 0.0425. The van der Waals surface area contributed by atoms with Gasteiger partial charge in [-0.05, 0) is 84.9 Å². The lowest BCUT2D eigenvalue weighted by Gasteiger charge is -2.09. The highest BCUT2D eigenvalue weighted by Crippen LogP contribution is 2.29. The van der Waals surface area contributed by atoms with Crippen molar-refractivity contribution in [1.82, 2.24) is 0 Å². The smallest absolute Gasteiger partial charge is 0.206 e. The minimum atomic E-state index is -3.98. The molecule has 0 spiro atoms. The van der Waals surface area contributed by atoms with Gasteiger partial charge in [0.25, 0.3) is 0 Å². The summed E-state index contributed by atoms with van der Waals surface area (Å²) in [5, 5.41) is 21.5. The third kappa shape index (κ3) is 5.89. The SMILES string of the molecule is O=S(=O)(c1ccc(O)c(C=Nc2ccc(Cl)cc2)c1)c1ccc(O)c(C=Nc2ccc(Cl)cc2)c1. The third-order valence-electron chi connectivity index (χ3n) is 4.98. The second-order valence-corrected chi connectivity index (χ2v) is 10.2. The van der Waals surface area contributed by atoms with Crippen LogP contribution in [0.25, 0.3) is 0 Å². The number of nitrogens with zero attached hydrogens (tertiary/aromatic N) is 2. The van der Waals surface area contributed by atoms with Crippen molar-refractivity contribution >= 4 is 56.8 Å². The maximum atomic E-state index is 13.3. The Morgan fingerprint density at radius 3 is 1.34 bits per heavy atom. The van der Waals surface area contributed by atoms with Gasteiger partial charge in [0, 0.05) is 33.6 Å². The number of hydrogen-bond acceptors (Lipinski definition) is 6. The molecule has 0 aliphatic carbocycles. The van der Waals surface area contributed by atoms with E-state index in [4.69, 9.17) is 23.2 Å². The lowest BCUT2D eigenvalue weighted by Crippen LogP contribution is -2.03. The van der Waals surface area contributed by atoms with E-state index in [1.807, 2.05) is 0 Å². The van der Waals surface area contributed by atoms with Gasteiger partial charge < -0.3 is 10.2 Å². The zero-order chi connectivity index (χ0) is 25.0. The fraction of sp³-hybridized carbons (Fsp3) is 0. The fourth-order valence-electron chi connectivity index (χ4n) is 3.08. The van der Waals surface area contributed by atoms with Gasteiger partial charge in [0.15, 0.2) is 0 Å². The molecule has 0 amide bonds. The molecule has 0 bridgehead atoms. The van der Waals surface area contributed by atoms with Gasteiger partial charge in [-0.2, -0.15) is 0 Å². The molecule has 0 saturated carbocycles. The Morgan fingerprint density at radius 2 is 0.971 bits per heavy atom. The topological polar surface area (TPSA) is 99.3 Å². The minimum Gasteiger partial charge on any atom is -0.507 e. The molecule has 0 unspecified atom stereocenters. The predicted molar refractivity (Wildman–Crippen MR) is 139 cm³/mol. The van der Waals surface area contributed by atoms with Crippen LogP contribution in [0.4, 0.5) is 11.4 Å². The molecule has 0 aliphatic heterocycles. The van der Waals surface area contributed by atoms with Gasteiger partial charge in [-0.1, -0.05) is 23.2 Å². The van der Waals surface area contributed by atoms with E-state index >= 15 is 0 Å². The largest absolute Gasteiger partial charge is 0.507 e. The summed E-state index contributed by atoms with van der Waals surface area (Å²) in [7, 11) is -3.98. The summed E-state index contributed by atoms with van der Waals surface area (Å²) in [6, 6.07) is 21.3.